The van der Waals surface area contributed by atoms with Gasteiger partial charge in [-0.3, -0.25) is 24.1 Å². The van der Waals surface area contributed by atoms with Gasteiger partial charge in [-0.1, -0.05) is 0 Å². The maximum Gasteiger partial charge on any atom is 0.316 e. The number of rotatable bonds is 6. The molecule has 2 aliphatic heterocycles. The fraction of sp³-hybridized carbons (Fsp3) is 0.429. The molecule has 186 valence electrons. The molecule has 2 saturated carbocycles. The van der Waals surface area contributed by atoms with E-state index in [1.54, 1.807) is 53.4 Å². The molecule has 3 amide bonds. The van der Waals surface area contributed by atoms with Gasteiger partial charge in [-0.2, -0.15) is 0 Å². The molecule has 0 aromatic heterocycles. The Hall–Kier alpha value is -3.68. The Labute approximate surface area is 209 Å². The molecule has 6 rings (SSSR count). The molecular weight excluding hydrogens is 460 g/mol. The molecule has 36 heavy (non-hydrogen) atoms. The highest BCUT2D eigenvalue weighted by Gasteiger charge is 2.61. The van der Waals surface area contributed by atoms with Gasteiger partial charge in [-0.15, -0.1) is 0 Å². The van der Waals surface area contributed by atoms with Gasteiger partial charge < -0.3 is 14.4 Å². The Morgan fingerprint density at radius 3 is 2.06 bits per heavy atom. The normalized spacial score (nSPS) is 28.7. The highest BCUT2D eigenvalue weighted by Crippen LogP contribution is 2.56. The molecule has 5 atom stereocenters. The van der Waals surface area contributed by atoms with Crippen molar-refractivity contribution in [2.75, 3.05) is 23.0 Å². The number of carbonyl (C=O) groups excluding carboxylic acids is 4. The van der Waals surface area contributed by atoms with Gasteiger partial charge >= 0.3 is 5.97 Å². The van der Waals surface area contributed by atoms with Crippen LogP contribution in [0, 0.1) is 29.6 Å². The van der Waals surface area contributed by atoms with Crippen molar-refractivity contribution in [2.45, 2.75) is 32.6 Å². The maximum atomic E-state index is 13.0. The number of anilines is 2. The molecule has 0 spiro atoms. The Bertz CT molecular complexity index is 1200. The lowest BCUT2D eigenvalue weighted by molar-refractivity contribution is -0.139. The zero-order chi connectivity index (χ0) is 25.0. The van der Waals surface area contributed by atoms with Crippen LogP contribution < -0.4 is 19.3 Å². The monoisotopic (exact) mass is 488 g/mol. The van der Waals surface area contributed by atoms with Crippen LogP contribution in [0.1, 0.15) is 32.6 Å². The van der Waals surface area contributed by atoms with Crippen molar-refractivity contribution in [1.29, 1.82) is 0 Å². The number of ether oxygens (including phenoxy) is 2. The second-order valence-corrected chi connectivity index (χ2v) is 10.1. The van der Waals surface area contributed by atoms with Crippen molar-refractivity contribution < 1.29 is 28.7 Å². The molecule has 0 unspecified atom stereocenters. The SMILES string of the molecule is CCOc1ccc(N2C[C@H](C(=O)Oc3ccc(N4C(=O)[C@H]5[C@H]6CC[C@@H](C6)[C@@H]5C4=O)cc3)CC2=O)cc1. The molecule has 2 aromatic carbocycles. The molecular formula is C28H28N2O6. The first-order chi connectivity index (χ1) is 17.4. The topological polar surface area (TPSA) is 93.2 Å². The third kappa shape index (κ3) is 3.67. The molecule has 8 nitrogen and oxygen atoms in total. The molecule has 2 aromatic rings. The van der Waals surface area contributed by atoms with Crippen LogP contribution in [0.5, 0.6) is 11.5 Å². The number of hydrogen-bond acceptors (Lipinski definition) is 6. The van der Waals surface area contributed by atoms with E-state index in [1.807, 2.05) is 6.92 Å². The quantitative estimate of drug-likeness (QED) is 0.351. The fourth-order valence-electron chi connectivity index (χ4n) is 6.53. The van der Waals surface area contributed by atoms with E-state index in [2.05, 4.69) is 0 Å². The van der Waals surface area contributed by atoms with Crippen molar-refractivity contribution in [2.24, 2.45) is 29.6 Å². The highest BCUT2D eigenvalue weighted by atomic mass is 16.5. The van der Waals surface area contributed by atoms with Gasteiger partial charge in [0.05, 0.1) is 30.0 Å². The zero-order valence-electron chi connectivity index (χ0n) is 20.1. The van der Waals surface area contributed by atoms with Crippen LogP contribution in [-0.4, -0.2) is 36.8 Å². The molecule has 0 radical (unpaired) electrons. The summed E-state index contributed by atoms with van der Waals surface area (Å²) in [7, 11) is 0. The van der Waals surface area contributed by atoms with E-state index in [1.165, 1.54) is 4.90 Å². The summed E-state index contributed by atoms with van der Waals surface area (Å²) in [6.45, 7) is 2.70. The molecule has 2 bridgehead atoms. The Morgan fingerprint density at radius 1 is 0.861 bits per heavy atom. The molecule has 4 aliphatic rings. The van der Waals surface area contributed by atoms with Crippen LogP contribution >= 0.6 is 0 Å². The predicted molar refractivity (Wildman–Crippen MR) is 130 cm³/mol. The minimum Gasteiger partial charge on any atom is -0.494 e. The summed E-state index contributed by atoms with van der Waals surface area (Å²) in [4.78, 5) is 54.3. The molecule has 0 N–H and O–H groups in total. The van der Waals surface area contributed by atoms with Crippen molar-refractivity contribution in [3.05, 3.63) is 48.5 Å². The maximum absolute atomic E-state index is 13.0. The molecule has 8 heteroatoms. The summed E-state index contributed by atoms with van der Waals surface area (Å²) in [6.07, 6.45) is 3.14. The number of amides is 3. The second kappa shape index (κ2) is 8.76. The van der Waals surface area contributed by atoms with E-state index >= 15 is 0 Å². The molecule has 2 saturated heterocycles. The molecule has 4 fully saturated rings. The minimum atomic E-state index is -0.583. The van der Waals surface area contributed by atoms with Gasteiger partial charge in [0.25, 0.3) is 0 Å². The third-order valence-corrected chi connectivity index (χ3v) is 8.16. The van der Waals surface area contributed by atoms with E-state index in [0.717, 1.165) is 25.0 Å². The largest absolute Gasteiger partial charge is 0.494 e. The molecule has 2 heterocycles. The van der Waals surface area contributed by atoms with Crippen molar-refractivity contribution >= 4 is 35.1 Å². The molecule has 2 aliphatic carbocycles. The van der Waals surface area contributed by atoms with Crippen LogP contribution in [0.4, 0.5) is 11.4 Å². The van der Waals surface area contributed by atoms with Crippen LogP contribution in [0.3, 0.4) is 0 Å². The van der Waals surface area contributed by atoms with Crippen LogP contribution in [0.2, 0.25) is 0 Å². The first-order valence-electron chi connectivity index (χ1n) is 12.7. The van der Waals surface area contributed by atoms with E-state index < -0.39 is 11.9 Å². The van der Waals surface area contributed by atoms with Crippen molar-refractivity contribution in [3.63, 3.8) is 0 Å². The first kappa shape index (κ1) is 22.8. The number of esters is 1. The zero-order valence-corrected chi connectivity index (χ0v) is 20.1. The van der Waals surface area contributed by atoms with Gasteiger partial charge in [-0.25, -0.2) is 0 Å². The highest BCUT2D eigenvalue weighted by molar-refractivity contribution is 6.22. The Kier molecular flexibility index (Phi) is 5.54. The van der Waals surface area contributed by atoms with Gasteiger partial charge in [0, 0.05) is 18.7 Å². The summed E-state index contributed by atoms with van der Waals surface area (Å²) >= 11 is 0. The summed E-state index contributed by atoms with van der Waals surface area (Å²) in [5.41, 5.74) is 1.22. The van der Waals surface area contributed by atoms with Crippen LogP contribution in [-0.2, 0) is 19.2 Å². The Balaban J connectivity index is 1.10. The number of carbonyl (C=O) groups is 4. The summed E-state index contributed by atoms with van der Waals surface area (Å²) in [5, 5.41) is 0. The van der Waals surface area contributed by atoms with E-state index in [0.29, 0.717) is 35.6 Å². The van der Waals surface area contributed by atoms with E-state index in [4.69, 9.17) is 9.47 Å². The van der Waals surface area contributed by atoms with Gasteiger partial charge in [0.1, 0.15) is 11.5 Å². The lowest BCUT2D eigenvalue weighted by atomic mass is 9.81. The van der Waals surface area contributed by atoms with Gasteiger partial charge in [-0.05, 0) is 86.6 Å². The lowest BCUT2D eigenvalue weighted by Gasteiger charge is -2.19. The summed E-state index contributed by atoms with van der Waals surface area (Å²) in [5.74, 6) is -0.0434. The lowest BCUT2D eigenvalue weighted by Crippen LogP contribution is -2.32. The van der Waals surface area contributed by atoms with Gasteiger partial charge in [0.15, 0.2) is 0 Å². The number of nitrogens with zero attached hydrogens (tertiary/aromatic N) is 2. The number of benzene rings is 2. The Morgan fingerprint density at radius 2 is 1.44 bits per heavy atom. The second-order valence-electron chi connectivity index (χ2n) is 10.1. The van der Waals surface area contributed by atoms with E-state index in [-0.39, 0.29) is 42.5 Å². The van der Waals surface area contributed by atoms with Crippen LogP contribution in [0.25, 0.3) is 0 Å². The average Bonchev–Trinajstić information content (AvgIpc) is 3.64. The van der Waals surface area contributed by atoms with Crippen molar-refractivity contribution in [3.8, 4) is 11.5 Å². The predicted octanol–water partition coefficient (Wildman–Crippen LogP) is 3.58. The number of hydrogen-bond donors (Lipinski definition) is 0. The van der Waals surface area contributed by atoms with Crippen molar-refractivity contribution in [1.82, 2.24) is 0 Å². The average molecular weight is 489 g/mol. The first-order valence-corrected chi connectivity index (χ1v) is 12.7. The minimum absolute atomic E-state index is 0.0754. The fourth-order valence-corrected chi connectivity index (χ4v) is 6.53. The summed E-state index contributed by atoms with van der Waals surface area (Å²) < 4.78 is 11.0. The standard InChI is InChI=1S/C28H28N2O6/c1-2-35-21-9-5-19(6-10-21)29-15-18(14-23(29)31)28(34)36-22-11-7-20(8-12-22)30-26(32)24-16-3-4-17(13-16)25(24)27(30)33/h5-12,16-18,24-25H,2-4,13-15H2,1H3/t16-,17-,18+,24-,25-/m0/s1. The van der Waals surface area contributed by atoms with Gasteiger partial charge in [0.2, 0.25) is 17.7 Å². The van der Waals surface area contributed by atoms with E-state index in [9.17, 15) is 19.2 Å². The smallest absolute Gasteiger partial charge is 0.316 e. The number of imide groups is 1. The third-order valence-electron chi connectivity index (χ3n) is 8.16. The van der Waals surface area contributed by atoms with Crippen LogP contribution in [0.15, 0.2) is 48.5 Å². The summed E-state index contributed by atoms with van der Waals surface area (Å²) in [6, 6.07) is 13.7. The number of fused-ring (bicyclic) bond motifs is 5.